The van der Waals surface area contributed by atoms with Gasteiger partial charge in [0, 0.05) is 0 Å². The lowest BCUT2D eigenvalue weighted by molar-refractivity contribution is 0.103. The maximum absolute atomic E-state index is 5.67. The predicted octanol–water partition coefficient (Wildman–Crippen LogP) is 4.19. The highest BCUT2D eigenvalue weighted by Crippen LogP contribution is 2.08. The molecule has 0 fully saturated rings. The molecule has 88 valence electrons. The summed E-state index contributed by atoms with van der Waals surface area (Å²) in [5.74, 6) is 0. The number of hydrogen-bond donors (Lipinski definition) is 0. The van der Waals surface area contributed by atoms with Crippen LogP contribution in [0.2, 0.25) is 0 Å². The highest BCUT2D eigenvalue weighted by Gasteiger charge is 2.02. The monoisotopic (exact) mass is 218 g/mol. The Morgan fingerprint density at radius 2 is 1.81 bits per heavy atom. The van der Waals surface area contributed by atoms with Crippen LogP contribution in [0.4, 0.5) is 0 Å². The van der Waals surface area contributed by atoms with Crippen LogP contribution in [0.5, 0.6) is 0 Å². The molecule has 16 heavy (non-hydrogen) atoms. The van der Waals surface area contributed by atoms with Gasteiger partial charge in [-0.15, -0.1) is 6.58 Å². The van der Waals surface area contributed by atoms with Gasteiger partial charge < -0.3 is 4.74 Å². The van der Waals surface area contributed by atoms with Crippen LogP contribution >= 0.6 is 0 Å². The Morgan fingerprint density at radius 1 is 1.06 bits per heavy atom. The van der Waals surface area contributed by atoms with Crippen molar-refractivity contribution in [1.29, 1.82) is 0 Å². The fraction of sp³-hybridized carbons (Fsp3) is 0.467. The lowest BCUT2D eigenvalue weighted by Crippen LogP contribution is -2.09. The lowest BCUT2D eigenvalue weighted by atomic mass is 10.1. The van der Waals surface area contributed by atoms with Gasteiger partial charge in [-0.1, -0.05) is 42.5 Å². The average molecular weight is 218 g/mol. The third-order valence-corrected chi connectivity index (χ3v) is 2.50. The molecule has 0 amide bonds. The minimum Gasteiger partial charge on any atom is -0.370 e. The minimum atomic E-state index is 0.232. The first-order valence-corrected chi connectivity index (χ1v) is 6.12. The highest BCUT2D eigenvalue weighted by atomic mass is 16.5. The second kappa shape index (κ2) is 9.17. The van der Waals surface area contributed by atoms with Gasteiger partial charge in [-0.05, 0) is 32.1 Å². The van der Waals surface area contributed by atoms with Gasteiger partial charge in [0.05, 0.1) is 12.7 Å². The van der Waals surface area contributed by atoms with E-state index in [0.29, 0.717) is 6.61 Å². The molecule has 0 saturated carbocycles. The number of ether oxygens (including phenoxy) is 1. The topological polar surface area (TPSA) is 9.23 Å². The van der Waals surface area contributed by atoms with Gasteiger partial charge in [0.1, 0.15) is 0 Å². The zero-order chi connectivity index (χ0) is 11.5. The molecule has 1 nitrogen and oxygen atoms in total. The molecule has 0 bridgehead atoms. The Kier molecular flexibility index (Phi) is 7.44. The van der Waals surface area contributed by atoms with E-state index in [4.69, 9.17) is 4.74 Å². The van der Waals surface area contributed by atoms with E-state index in [9.17, 15) is 0 Å². The van der Waals surface area contributed by atoms with Gasteiger partial charge in [-0.2, -0.15) is 0 Å². The Labute approximate surface area is 99.2 Å². The molecule has 0 spiro atoms. The quantitative estimate of drug-likeness (QED) is 0.645. The molecule has 1 atom stereocenters. The Balaban J connectivity index is 2.46. The van der Waals surface area contributed by atoms with Gasteiger partial charge in [0.2, 0.25) is 0 Å². The van der Waals surface area contributed by atoms with E-state index in [1.807, 2.05) is 0 Å². The molecule has 1 aliphatic carbocycles. The molecule has 0 N–H and O–H groups in total. The lowest BCUT2D eigenvalue weighted by Gasteiger charge is -2.11. The summed E-state index contributed by atoms with van der Waals surface area (Å²) < 4.78 is 5.67. The molecular formula is C15H22O. The molecule has 0 aromatic rings. The van der Waals surface area contributed by atoms with Crippen molar-refractivity contribution >= 4 is 0 Å². The van der Waals surface area contributed by atoms with Crippen LogP contribution in [0.25, 0.3) is 0 Å². The van der Waals surface area contributed by atoms with Crippen molar-refractivity contribution < 1.29 is 4.74 Å². The summed E-state index contributed by atoms with van der Waals surface area (Å²) in [5, 5.41) is 0. The van der Waals surface area contributed by atoms with Gasteiger partial charge in [-0.25, -0.2) is 0 Å². The van der Waals surface area contributed by atoms with E-state index in [0.717, 1.165) is 32.1 Å². The van der Waals surface area contributed by atoms with Crippen molar-refractivity contribution in [1.82, 2.24) is 0 Å². The van der Waals surface area contributed by atoms with Crippen LogP contribution in [0.1, 0.15) is 32.1 Å². The Bertz CT molecular complexity index is 261. The van der Waals surface area contributed by atoms with Crippen molar-refractivity contribution in [2.45, 2.75) is 38.2 Å². The van der Waals surface area contributed by atoms with Crippen LogP contribution in [-0.4, -0.2) is 12.7 Å². The fourth-order valence-electron chi connectivity index (χ4n) is 1.64. The van der Waals surface area contributed by atoms with Gasteiger partial charge >= 0.3 is 0 Å². The Morgan fingerprint density at radius 3 is 2.62 bits per heavy atom. The summed E-state index contributed by atoms with van der Waals surface area (Å²) in [6.45, 7) is 4.31. The molecule has 1 heteroatoms. The van der Waals surface area contributed by atoms with Crippen molar-refractivity contribution in [2.24, 2.45) is 0 Å². The largest absolute Gasteiger partial charge is 0.370 e. The third-order valence-electron chi connectivity index (χ3n) is 2.50. The molecule has 0 aliphatic heterocycles. The summed E-state index contributed by atoms with van der Waals surface area (Å²) in [7, 11) is 0. The predicted molar refractivity (Wildman–Crippen MR) is 70.4 cm³/mol. The normalized spacial score (nSPS) is 22.4. The first-order valence-electron chi connectivity index (χ1n) is 6.12. The summed E-state index contributed by atoms with van der Waals surface area (Å²) in [6, 6.07) is 0. The summed E-state index contributed by atoms with van der Waals surface area (Å²) >= 11 is 0. The first kappa shape index (κ1) is 13.0. The average Bonchev–Trinajstić information content (AvgIpc) is 2.28. The molecule has 0 heterocycles. The van der Waals surface area contributed by atoms with Crippen molar-refractivity contribution in [2.75, 3.05) is 6.61 Å². The van der Waals surface area contributed by atoms with Crippen molar-refractivity contribution in [3.63, 3.8) is 0 Å². The van der Waals surface area contributed by atoms with Gasteiger partial charge in [-0.3, -0.25) is 0 Å². The Hall–Kier alpha value is -1.08. The molecule has 0 radical (unpaired) electrons. The van der Waals surface area contributed by atoms with E-state index in [2.05, 4.69) is 43.0 Å². The maximum Gasteiger partial charge on any atom is 0.0763 e. The van der Waals surface area contributed by atoms with Crippen molar-refractivity contribution in [3.05, 3.63) is 49.1 Å². The number of rotatable bonds is 3. The second-order valence-corrected chi connectivity index (χ2v) is 3.92. The molecule has 1 aliphatic rings. The summed E-state index contributed by atoms with van der Waals surface area (Å²) in [4.78, 5) is 0. The van der Waals surface area contributed by atoms with E-state index in [1.54, 1.807) is 6.08 Å². The van der Waals surface area contributed by atoms with E-state index in [1.165, 1.54) is 0 Å². The van der Waals surface area contributed by atoms with Crippen LogP contribution in [-0.2, 0) is 4.74 Å². The second-order valence-electron chi connectivity index (χ2n) is 3.92. The zero-order valence-electron chi connectivity index (χ0n) is 9.98. The van der Waals surface area contributed by atoms with Gasteiger partial charge in [0.15, 0.2) is 0 Å². The summed E-state index contributed by atoms with van der Waals surface area (Å²) in [5.41, 5.74) is 0. The standard InChI is InChI=1S/C15H22O/c1-2-14-16-15-12-10-8-6-4-3-5-7-9-11-13-15/h2,4,6-7,9-10,12,15H,1,3,5,8,11,13-14H2. The summed E-state index contributed by atoms with van der Waals surface area (Å²) in [6.07, 6.45) is 20.9. The molecule has 0 saturated heterocycles. The first-order chi connectivity index (χ1) is 7.93. The molecule has 0 aromatic heterocycles. The minimum absolute atomic E-state index is 0.232. The highest BCUT2D eigenvalue weighted by molar-refractivity contribution is 4.99. The molecule has 0 aromatic carbocycles. The van der Waals surface area contributed by atoms with Crippen LogP contribution < -0.4 is 0 Å². The SMILES string of the molecule is C=CCOC1C=CCC=CCCC=CCC1. The van der Waals surface area contributed by atoms with E-state index >= 15 is 0 Å². The fourth-order valence-corrected chi connectivity index (χ4v) is 1.64. The van der Waals surface area contributed by atoms with Crippen molar-refractivity contribution in [3.8, 4) is 0 Å². The zero-order valence-corrected chi connectivity index (χ0v) is 9.98. The number of allylic oxidation sites excluding steroid dienone is 5. The van der Waals surface area contributed by atoms with E-state index in [-0.39, 0.29) is 6.10 Å². The van der Waals surface area contributed by atoms with Crippen LogP contribution in [0, 0.1) is 0 Å². The molecule has 1 unspecified atom stereocenters. The van der Waals surface area contributed by atoms with Gasteiger partial charge in [0.25, 0.3) is 0 Å². The maximum atomic E-state index is 5.67. The number of hydrogen-bond acceptors (Lipinski definition) is 1. The molecular weight excluding hydrogens is 196 g/mol. The van der Waals surface area contributed by atoms with E-state index < -0.39 is 0 Å². The van der Waals surface area contributed by atoms with Crippen LogP contribution in [0.15, 0.2) is 49.1 Å². The van der Waals surface area contributed by atoms with Crippen LogP contribution in [0.3, 0.4) is 0 Å². The molecule has 1 rings (SSSR count). The smallest absolute Gasteiger partial charge is 0.0763 e. The third kappa shape index (κ3) is 6.41.